The van der Waals surface area contributed by atoms with Crippen LogP contribution in [0.15, 0.2) is 24.3 Å². The summed E-state index contributed by atoms with van der Waals surface area (Å²) < 4.78 is 0. The third-order valence-corrected chi connectivity index (χ3v) is 3.21. The highest BCUT2D eigenvalue weighted by atomic mass is 16.2. The highest BCUT2D eigenvalue weighted by Gasteiger charge is 2.27. The van der Waals surface area contributed by atoms with E-state index in [4.69, 9.17) is 0 Å². The smallest absolute Gasteiger partial charge is 0.251 e. The fraction of sp³-hybridized carbons (Fsp3) is 0.438. The van der Waals surface area contributed by atoms with Gasteiger partial charge in [0.1, 0.15) is 6.04 Å². The molecule has 0 unspecified atom stereocenters. The van der Waals surface area contributed by atoms with E-state index in [1.54, 1.807) is 24.3 Å². The first-order chi connectivity index (χ1) is 10.2. The maximum Gasteiger partial charge on any atom is 0.251 e. The van der Waals surface area contributed by atoms with E-state index in [0.29, 0.717) is 24.1 Å². The van der Waals surface area contributed by atoms with Gasteiger partial charge in [0.2, 0.25) is 11.8 Å². The van der Waals surface area contributed by atoms with Crippen LogP contribution in [-0.4, -0.2) is 29.3 Å². The van der Waals surface area contributed by atoms with E-state index in [0.717, 1.165) is 0 Å². The molecule has 1 fully saturated rings. The minimum atomic E-state index is -0.476. The van der Waals surface area contributed by atoms with Gasteiger partial charge in [0.05, 0.1) is 0 Å². The quantitative estimate of drug-likeness (QED) is 0.789. The third-order valence-electron chi connectivity index (χ3n) is 3.21. The van der Waals surface area contributed by atoms with Gasteiger partial charge in [0, 0.05) is 23.2 Å². The van der Waals surface area contributed by atoms with E-state index in [2.05, 4.69) is 16.0 Å². The lowest BCUT2D eigenvalue weighted by atomic mass is 10.1. The van der Waals surface area contributed by atoms with Crippen LogP contribution in [-0.2, 0) is 9.59 Å². The zero-order chi connectivity index (χ0) is 16.3. The molecule has 1 atom stereocenters. The monoisotopic (exact) mass is 303 g/mol. The summed E-state index contributed by atoms with van der Waals surface area (Å²) in [6.45, 7) is 5.74. The van der Waals surface area contributed by atoms with Crippen molar-refractivity contribution in [1.82, 2.24) is 10.6 Å². The first kappa shape index (κ1) is 16.0. The maximum atomic E-state index is 12.0. The van der Waals surface area contributed by atoms with Crippen LogP contribution < -0.4 is 16.0 Å². The predicted molar refractivity (Wildman–Crippen MR) is 83.5 cm³/mol. The number of anilines is 1. The normalized spacial score (nSPS) is 17.8. The lowest BCUT2D eigenvalue weighted by molar-refractivity contribution is -0.122. The Bertz CT molecular complexity index is 588. The summed E-state index contributed by atoms with van der Waals surface area (Å²) in [7, 11) is 0. The molecule has 2 rings (SSSR count). The fourth-order valence-electron chi connectivity index (χ4n) is 2.16. The minimum absolute atomic E-state index is 0.102. The van der Waals surface area contributed by atoms with Crippen molar-refractivity contribution in [2.45, 2.75) is 45.2 Å². The van der Waals surface area contributed by atoms with Gasteiger partial charge in [0.15, 0.2) is 0 Å². The summed E-state index contributed by atoms with van der Waals surface area (Å²) in [6, 6.07) is 6.18. The van der Waals surface area contributed by atoms with Gasteiger partial charge >= 0.3 is 0 Å². The summed E-state index contributed by atoms with van der Waals surface area (Å²) in [4.78, 5) is 35.1. The van der Waals surface area contributed by atoms with Gasteiger partial charge in [-0.15, -0.1) is 0 Å². The Morgan fingerprint density at radius 2 is 1.82 bits per heavy atom. The van der Waals surface area contributed by atoms with Crippen molar-refractivity contribution >= 4 is 23.4 Å². The number of carbonyl (C=O) groups is 3. The molecular weight excluding hydrogens is 282 g/mol. The maximum absolute atomic E-state index is 12.0. The largest absolute Gasteiger partial charge is 0.347 e. The molecule has 118 valence electrons. The molecule has 6 heteroatoms. The van der Waals surface area contributed by atoms with Crippen LogP contribution >= 0.6 is 0 Å². The van der Waals surface area contributed by atoms with E-state index >= 15 is 0 Å². The summed E-state index contributed by atoms with van der Waals surface area (Å²) >= 11 is 0. The molecule has 1 aliphatic rings. The molecule has 1 aromatic carbocycles. The number of hydrogen-bond donors (Lipinski definition) is 3. The molecule has 1 heterocycles. The average molecular weight is 303 g/mol. The Morgan fingerprint density at radius 1 is 1.18 bits per heavy atom. The number of amides is 3. The van der Waals surface area contributed by atoms with Crippen molar-refractivity contribution < 1.29 is 14.4 Å². The topological polar surface area (TPSA) is 87.3 Å². The molecule has 1 aliphatic heterocycles. The molecule has 0 spiro atoms. The van der Waals surface area contributed by atoms with E-state index in [1.165, 1.54) is 0 Å². The second-order valence-corrected chi connectivity index (χ2v) is 6.43. The van der Waals surface area contributed by atoms with Crippen LogP contribution in [0, 0.1) is 0 Å². The lowest BCUT2D eigenvalue weighted by Gasteiger charge is -2.20. The first-order valence-corrected chi connectivity index (χ1v) is 7.27. The molecule has 6 nitrogen and oxygen atoms in total. The zero-order valence-electron chi connectivity index (χ0n) is 13.0. The van der Waals surface area contributed by atoms with Crippen LogP contribution in [0.2, 0.25) is 0 Å². The Hall–Kier alpha value is -2.37. The predicted octanol–water partition coefficient (Wildman–Crippen LogP) is 1.43. The highest BCUT2D eigenvalue weighted by Crippen LogP contribution is 2.13. The van der Waals surface area contributed by atoms with Crippen LogP contribution in [0.25, 0.3) is 0 Å². The number of benzene rings is 1. The van der Waals surface area contributed by atoms with Crippen LogP contribution in [0.5, 0.6) is 0 Å². The van der Waals surface area contributed by atoms with Crippen LogP contribution in [0.3, 0.4) is 0 Å². The Kier molecular flexibility index (Phi) is 4.49. The number of nitrogens with one attached hydrogen (secondary N) is 3. The molecule has 1 aromatic rings. The summed E-state index contributed by atoms with van der Waals surface area (Å²) in [5, 5.41) is 8.22. The number of hydrogen-bond acceptors (Lipinski definition) is 3. The van der Waals surface area contributed by atoms with Crippen molar-refractivity contribution in [2.75, 3.05) is 5.32 Å². The van der Waals surface area contributed by atoms with Gasteiger partial charge in [-0.05, 0) is 51.5 Å². The van der Waals surface area contributed by atoms with Crippen molar-refractivity contribution in [1.29, 1.82) is 0 Å². The van der Waals surface area contributed by atoms with E-state index in [-0.39, 0.29) is 23.3 Å². The Labute approximate surface area is 129 Å². The highest BCUT2D eigenvalue weighted by molar-refractivity contribution is 5.99. The van der Waals surface area contributed by atoms with Crippen molar-refractivity contribution in [3.05, 3.63) is 29.8 Å². The second-order valence-electron chi connectivity index (χ2n) is 6.43. The van der Waals surface area contributed by atoms with Gasteiger partial charge in [-0.25, -0.2) is 0 Å². The summed E-state index contributed by atoms with van der Waals surface area (Å²) in [5.41, 5.74) is 0.825. The molecular formula is C16H21N3O3. The minimum Gasteiger partial charge on any atom is -0.347 e. The van der Waals surface area contributed by atoms with Gasteiger partial charge in [-0.1, -0.05) is 0 Å². The SMILES string of the molecule is CC(C)(C)NC(=O)c1ccc(NC(=O)[C@H]2CCC(=O)N2)cc1. The van der Waals surface area contributed by atoms with Gasteiger partial charge in [-0.3, -0.25) is 14.4 Å². The zero-order valence-corrected chi connectivity index (χ0v) is 13.0. The van der Waals surface area contributed by atoms with Crippen molar-refractivity contribution in [3.63, 3.8) is 0 Å². The van der Waals surface area contributed by atoms with E-state index in [9.17, 15) is 14.4 Å². The molecule has 0 aliphatic carbocycles. The van der Waals surface area contributed by atoms with E-state index < -0.39 is 6.04 Å². The number of carbonyl (C=O) groups excluding carboxylic acids is 3. The van der Waals surface area contributed by atoms with E-state index in [1.807, 2.05) is 20.8 Å². The third kappa shape index (κ3) is 4.31. The molecule has 0 radical (unpaired) electrons. The summed E-state index contributed by atoms with van der Waals surface area (Å²) in [5.74, 6) is -0.500. The fourth-order valence-corrected chi connectivity index (χ4v) is 2.16. The molecule has 3 N–H and O–H groups in total. The van der Waals surface area contributed by atoms with Crippen LogP contribution in [0.4, 0.5) is 5.69 Å². The first-order valence-electron chi connectivity index (χ1n) is 7.27. The summed E-state index contributed by atoms with van der Waals surface area (Å²) in [6.07, 6.45) is 0.890. The van der Waals surface area contributed by atoms with Crippen molar-refractivity contribution in [3.8, 4) is 0 Å². The van der Waals surface area contributed by atoms with Gasteiger partial charge in [-0.2, -0.15) is 0 Å². The molecule has 22 heavy (non-hydrogen) atoms. The molecule has 0 aromatic heterocycles. The number of rotatable bonds is 3. The van der Waals surface area contributed by atoms with Gasteiger partial charge < -0.3 is 16.0 Å². The van der Waals surface area contributed by atoms with Gasteiger partial charge in [0.25, 0.3) is 5.91 Å². The lowest BCUT2D eigenvalue weighted by Crippen LogP contribution is -2.40. The molecule has 1 saturated heterocycles. The Balaban J connectivity index is 1.96. The second kappa shape index (κ2) is 6.17. The molecule has 0 saturated carbocycles. The van der Waals surface area contributed by atoms with Crippen molar-refractivity contribution in [2.24, 2.45) is 0 Å². The Morgan fingerprint density at radius 3 is 2.32 bits per heavy atom. The van der Waals surface area contributed by atoms with Crippen LogP contribution in [0.1, 0.15) is 44.0 Å². The standard InChI is InChI=1S/C16H21N3O3/c1-16(2,3)19-14(21)10-4-6-11(7-5-10)17-15(22)12-8-9-13(20)18-12/h4-7,12H,8-9H2,1-3H3,(H,17,22)(H,18,20)(H,19,21)/t12-/m1/s1. The molecule has 0 bridgehead atoms. The molecule has 3 amide bonds. The average Bonchev–Trinajstić information content (AvgIpc) is 2.84.